The lowest BCUT2D eigenvalue weighted by Gasteiger charge is -2.02. The number of nitrogens with one attached hydrogen (secondary N) is 1. The van der Waals surface area contributed by atoms with E-state index in [9.17, 15) is 0 Å². The summed E-state index contributed by atoms with van der Waals surface area (Å²) >= 11 is 0. The largest absolute Gasteiger partial charge is 0.756 e. The number of rotatable bonds is 0. The van der Waals surface area contributed by atoms with Crippen LogP contribution >= 0.6 is 7.82 Å². The van der Waals surface area contributed by atoms with Crippen molar-refractivity contribution >= 4 is 13.9 Å². The van der Waals surface area contributed by atoms with E-state index in [0.717, 1.165) is 6.03 Å². The second-order valence-electron chi connectivity index (χ2n) is 2.14. The van der Waals surface area contributed by atoms with E-state index in [2.05, 4.69) is 5.32 Å². The number of hydrogen-bond donors (Lipinski definition) is 3. The lowest BCUT2D eigenvalue weighted by molar-refractivity contribution is -0.214. The van der Waals surface area contributed by atoms with E-state index in [4.69, 9.17) is 23.7 Å². The molecular weight excluding hydrogens is 199 g/mol. The minimum Gasteiger partial charge on any atom is -0.756 e. The van der Waals surface area contributed by atoms with Gasteiger partial charge in [0.25, 0.3) is 14.9 Å². The number of hydrogen-bond acceptors (Lipinski definition) is 2. The average Bonchev–Trinajstić information content (AvgIpc) is 1.85. The summed E-state index contributed by atoms with van der Waals surface area (Å²) in [5.74, 6) is 0. The molecular formula is C5H15N2O5P. The fourth-order valence-corrected chi connectivity index (χ4v) is 0.508. The zero-order valence-electron chi connectivity index (χ0n) is 8.01. The van der Waals surface area contributed by atoms with Gasteiger partial charge in [0.1, 0.15) is 0 Å². The number of carbonyl (C=O) groups excluding carboxylic acids is 1. The van der Waals surface area contributed by atoms with Crippen molar-refractivity contribution in [3.63, 3.8) is 0 Å². The minimum absolute atomic E-state index is 0.769. The van der Waals surface area contributed by atoms with E-state index in [1.54, 1.807) is 7.11 Å². The highest BCUT2D eigenvalue weighted by molar-refractivity contribution is 7.43. The quantitative estimate of drug-likeness (QED) is 0.336. The van der Waals surface area contributed by atoms with Crippen molar-refractivity contribution in [2.75, 3.05) is 28.3 Å². The van der Waals surface area contributed by atoms with Crippen LogP contribution in [0.25, 0.3) is 0 Å². The summed E-state index contributed by atoms with van der Waals surface area (Å²) in [5.41, 5.74) is 0. The maximum Gasteiger partial charge on any atom is 0.501 e. The molecule has 0 aliphatic carbocycles. The van der Waals surface area contributed by atoms with Gasteiger partial charge in [0.05, 0.1) is 0 Å². The van der Waals surface area contributed by atoms with Gasteiger partial charge in [-0.15, -0.1) is 0 Å². The molecule has 0 heterocycles. The van der Waals surface area contributed by atoms with Gasteiger partial charge in [-0.05, 0) is 0 Å². The number of nitrogens with zero attached hydrogens (tertiary/aromatic N) is 1. The first kappa shape index (κ1) is 14.9. The van der Waals surface area contributed by atoms with Gasteiger partial charge in [-0.1, -0.05) is 0 Å². The maximum atomic E-state index is 8.77. The van der Waals surface area contributed by atoms with E-state index in [-0.39, 0.29) is 0 Å². The molecule has 0 aromatic carbocycles. The molecule has 0 aromatic rings. The second-order valence-corrected chi connectivity index (χ2v) is 3.13. The van der Waals surface area contributed by atoms with Crippen molar-refractivity contribution in [1.29, 1.82) is 0 Å². The van der Waals surface area contributed by atoms with Crippen LogP contribution in [-0.4, -0.2) is 49.0 Å². The number of phosphoric acid groups is 1. The third kappa shape index (κ3) is 18.4. The Bertz CT molecular complexity index is 191. The van der Waals surface area contributed by atoms with Crippen molar-refractivity contribution < 1.29 is 23.7 Å². The van der Waals surface area contributed by atoms with Gasteiger partial charge in [0.15, 0.2) is 0 Å². The van der Waals surface area contributed by atoms with Gasteiger partial charge in [-0.3, -0.25) is 14.8 Å². The van der Waals surface area contributed by atoms with Crippen molar-refractivity contribution in [2.24, 2.45) is 0 Å². The Kier molecular flexibility index (Phi) is 7.84. The third-order valence-corrected chi connectivity index (χ3v) is 0.813. The van der Waals surface area contributed by atoms with Crippen LogP contribution in [0.2, 0.25) is 0 Å². The van der Waals surface area contributed by atoms with Crippen LogP contribution in [0, 0.1) is 0 Å². The molecule has 0 aromatic heterocycles. The zero-order valence-corrected chi connectivity index (χ0v) is 8.91. The fraction of sp³-hybridized carbons (Fsp3) is 0.800. The molecule has 0 atom stereocenters. The summed E-state index contributed by atoms with van der Waals surface area (Å²) in [4.78, 5) is 24.8. The van der Waals surface area contributed by atoms with Gasteiger partial charge in [-0.25, -0.2) is 4.42 Å². The molecule has 0 saturated heterocycles. The summed E-state index contributed by atoms with van der Waals surface area (Å²) < 4.78 is 13.7. The molecule has 0 fully saturated rings. The zero-order chi connectivity index (χ0) is 11.1. The Labute approximate surface area is 76.9 Å². The third-order valence-electron chi connectivity index (χ3n) is 0.813. The molecule has 3 N–H and O–H groups in total. The Morgan fingerprint density at radius 2 is 1.85 bits per heavy atom. The maximum absolute atomic E-state index is 8.77. The average molecular weight is 214 g/mol. The van der Waals surface area contributed by atoms with E-state index in [0.29, 0.717) is 0 Å². The predicted octanol–water partition coefficient (Wildman–Crippen LogP) is -1.51. The van der Waals surface area contributed by atoms with Crippen LogP contribution in [0.1, 0.15) is 0 Å². The van der Waals surface area contributed by atoms with Crippen LogP contribution in [0.15, 0.2) is 0 Å². The molecule has 13 heavy (non-hydrogen) atoms. The Balaban J connectivity index is 0. The van der Waals surface area contributed by atoms with E-state index >= 15 is 0 Å². The summed E-state index contributed by atoms with van der Waals surface area (Å²) in [6, 6.07) is 0.769. The highest BCUT2D eigenvalue weighted by Crippen LogP contribution is 2.18. The molecule has 0 rings (SSSR count). The van der Waals surface area contributed by atoms with Crippen LogP contribution < -0.4 is 10.2 Å². The first-order chi connectivity index (χ1) is 5.72. The molecule has 0 radical (unpaired) electrons. The number of amides is 2. The van der Waals surface area contributed by atoms with E-state index in [1.165, 1.54) is 0 Å². The van der Waals surface area contributed by atoms with Crippen molar-refractivity contribution in [1.82, 2.24) is 10.2 Å². The molecule has 0 bridgehead atoms. The molecule has 2 amide bonds. The highest BCUT2D eigenvalue weighted by Gasteiger charge is 2.06. The van der Waals surface area contributed by atoms with Crippen molar-refractivity contribution in [2.45, 2.75) is 0 Å². The SMILES string of the molecule is CNC(=[O+]C)N(C)C.O=P([O-])(O)O. The molecule has 8 heteroatoms. The summed E-state index contributed by atoms with van der Waals surface area (Å²) in [7, 11) is 2.38. The van der Waals surface area contributed by atoms with Crippen LogP contribution in [0.4, 0.5) is 4.42 Å². The van der Waals surface area contributed by atoms with Gasteiger partial charge < -0.3 is 14.7 Å². The van der Waals surface area contributed by atoms with Crippen LogP contribution in [0.3, 0.4) is 0 Å². The monoisotopic (exact) mass is 214 g/mol. The molecule has 0 aliphatic heterocycles. The molecule has 0 spiro atoms. The standard InChI is InChI=1S/C5H13N2O.H3O4P/c1-6-5(8-4)7(2)3;1-5(2,3)4/h6H,1-4H3;(H3,1,2,3,4)/q+1;/p-1. The molecule has 0 unspecified atom stereocenters. The Hall–Kier alpha value is -0.620. The number of urea groups is 1. The minimum atomic E-state index is -4.89. The smallest absolute Gasteiger partial charge is 0.501 e. The van der Waals surface area contributed by atoms with Gasteiger partial charge in [-0.2, -0.15) is 0 Å². The summed E-state index contributed by atoms with van der Waals surface area (Å²) in [5, 5.41) is 2.87. The predicted molar refractivity (Wildman–Crippen MR) is 46.1 cm³/mol. The second kappa shape index (κ2) is 6.85. The molecule has 80 valence electrons. The molecule has 0 saturated carbocycles. The lowest BCUT2D eigenvalue weighted by Crippen LogP contribution is -2.32. The topological polar surface area (TPSA) is 107 Å². The van der Waals surface area contributed by atoms with Gasteiger partial charge >= 0.3 is 6.03 Å². The summed E-state index contributed by atoms with van der Waals surface area (Å²) in [6.45, 7) is 0. The van der Waals surface area contributed by atoms with Gasteiger partial charge in [0, 0.05) is 21.1 Å². The van der Waals surface area contributed by atoms with E-state index < -0.39 is 7.82 Å². The van der Waals surface area contributed by atoms with E-state index in [1.807, 2.05) is 26.0 Å². The van der Waals surface area contributed by atoms with Crippen LogP contribution in [-0.2, 0) is 4.57 Å². The molecule has 7 nitrogen and oxygen atoms in total. The fourth-order valence-electron chi connectivity index (χ4n) is 0.508. The van der Waals surface area contributed by atoms with Crippen molar-refractivity contribution in [3.05, 3.63) is 0 Å². The van der Waals surface area contributed by atoms with Gasteiger partial charge in [0.2, 0.25) is 0 Å². The summed E-state index contributed by atoms with van der Waals surface area (Å²) in [6.07, 6.45) is 0. The Morgan fingerprint density at radius 3 is 1.85 bits per heavy atom. The van der Waals surface area contributed by atoms with Crippen molar-refractivity contribution in [3.8, 4) is 0 Å². The first-order valence-corrected chi connectivity index (χ1v) is 4.78. The highest BCUT2D eigenvalue weighted by atomic mass is 31.2. The molecule has 0 aliphatic rings. The lowest BCUT2D eigenvalue weighted by atomic mass is 10.8. The normalized spacial score (nSPS) is 11.5. The first-order valence-electron chi connectivity index (χ1n) is 3.25. The van der Waals surface area contributed by atoms with Crippen LogP contribution in [0.5, 0.6) is 0 Å². The Morgan fingerprint density at radius 1 is 1.54 bits per heavy atom.